The third kappa shape index (κ3) is 3.00. The molecule has 0 spiro atoms. The number of hydrogen-bond acceptors (Lipinski definition) is 2. The Morgan fingerprint density at radius 3 is 2.43 bits per heavy atom. The summed E-state index contributed by atoms with van der Waals surface area (Å²) >= 11 is 0. The molecule has 1 unspecified atom stereocenters. The van der Waals surface area contributed by atoms with Gasteiger partial charge in [0.25, 0.3) is 0 Å². The van der Waals surface area contributed by atoms with E-state index in [4.69, 9.17) is 5.73 Å². The van der Waals surface area contributed by atoms with Gasteiger partial charge in [0.15, 0.2) is 5.43 Å². The molecule has 2 rings (SSSR count). The van der Waals surface area contributed by atoms with Gasteiger partial charge in [-0.15, -0.1) is 0 Å². The smallest absolute Gasteiger partial charge is 0.324 e. The summed E-state index contributed by atoms with van der Waals surface area (Å²) in [5.41, 5.74) is 5.34. The van der Waals surface area contributed by atoms with Gasteiger partial charge in [0.05, 0.1) is 11.3 Å². The van der Waals surface area contributed by atoms with Crippen LogP contribution in [0.15, 0.2) is 41.3 Å². The minimum Gasteiger partial charge on any atom is -0.324 e. The van der Waals surface area contributed by atoms with Crippen LogP contribution in [0.3, 0.4) is 0 Å². The molecule has 2 aromatic rings. The fraction of sp³-hybridized carbons (Fsp3) is 0.267. The molecule has 112 valence electrons. The Morgan fingerprint density at radius 1 is 1.24 bits per heavy atom. The Balaban J connectivity index is 2.74. The average Bonchev–Trinajstić information content (AvgIpc) is 2.37. The minimum atomic E-state index is -4.47. The summed E-state index contributed by atoms with van der Waals surface area (Å²) in [6.45, 7) is 3.20. The number of nitrogens with two attached hydrogens (primary N) is 1. The number of halogens is 3. The highest BCUT2D eigenvalue weighted by atomic mass is 19.4. The lowest BCUT2D eigenvalue weighted by Gasteiger charge is -2.18. The van der Waals surface area contributed by atoms with E-state index in [2.05, 4.69) is 0 Å². The first-order chi connectivity index (χ1) is 9.71. The molecule has 0 amide bonds. The molecule has 0 fully saturated rings. The Kier molecular flexibility index (Phi) is 3.91. The largest absolute Gasteiger partial charge is 0.418 e. The van der Waals surface area contributed by atoms with Crippen molar-refractivity contribution in [2.45, 2.75) is 26.1 Å². The van der Waals surface area contributed by atoms with E-state index < -0.39 is 17.8 Å². The van der Waals surface area contributed by atoms with Gasteiger partial charge in [0.1, 0.15) is 0 Å². The molecular weight excluding hydrogens is 281 g/mol. The maximum Gasteiger partial charge on any atom is 0.418 e. The zero-order valence-corrected chi connectivity index (χ0v) is 11.6. The van der Waals surface area contributed by atoms with Gasteiger partial charge in [0, 0.05) is 29.6 Å². The zero-order chi connectivity index (χ0) is 15.8. The van der Waals surface area contributed by atoms with Gasteiger partial charge in [-0.25, -0.2) is 0 Å². The van der Waals surface area contributed by atoms with Gasteiger partial charge >= 0.3 is 6.18 Å². The van der Waals surface area contributed by atoms with Crippen molar-refractivity contribution in [3.63, 3.8) is 0 Å². The van der Waals surface area contributed by atoms with Crippen molar-refractivity contribution < 1.29 is 13.2 Å². The van der Waals surface area contributed by atoms with Crippen LogP contribution in [0.5, 0.6) is 0 Å². The van der Waals surface area contributed by atoms with Crippen molar-refractivity contribution in [1.29, 1.82) is 0 Å². The van der Waals surface area contributed by atoms with Crippen LogP contribution in [0.4, 0.5) is 13.2 Å². The van der Waals surface area contributed by atoms with Crippen molar-refractivity contribution in [3.8, 4) is 5.69 Å². The minimum absolute atomic E-state index is 0.0237. The molecule has 0 aliphatic carbocycles. The number of hydrogen-bond donors (Lipinski definition) is 1. The second-order valence-electron chi connectivity index (χ2n) is 4.91. The molecule has 0 bridgehead atoms. The number of alkyl halides is 3. The monoisotopic (exact) mass is 296 g/mol. The van der Waals surface area contributed by atoms with Crippen molar-refractivity contribution >= 4 is 0 Å². The average molecular weight is 296 g/mol. The fourth-order valence-corrected chi connectivity index (χ4v) is 2.17. The van der Waals surface area contributed by atoms with Crippen LogP contribution in [0.25, 0.3) is 5.69 Å². The molecule has 1 aromatic carbocycles. The normalized spacial score (nSPS) is 13.2. The van der Waals surface area contributed by atoms with Crippen LogP contribution in [-0.4, -0.2) is 4.57 Å². The summed E-state index contributed by atoms with van der Waals surface area (Å²) < 4.78 is 40.7. The Bertz CT molecular complexity index is 718. The van der Waals surface area contributed by atoms with Gasteiger partial charge in [-0.2, -0.15) is 13.2 Å². The predicted octanol–water partition coefficient (Wildman–Crippen LogP) is 3.18. The quantitative estimate of drug-likeness (QED) is 0.925. The van der Waals surface area contributed by atoms with Crippen LogP contribution < -0.4 is 11.2 Å². The lowest BCUT2D eigenvalue weighted by atomic mass is 10.1. The van der Waals surface area contributed by atoms with Crippen molar-refractivity contribution in [2.24, 2.45) is 5.73 Å². The van der Waals surface area contributed by atoms with Gasteiger partial charge in [-0.1, -0.05) is 12.1 Å². The van der Waals surface area contributed by atoms with Crippen LogP contribution >= 0.6 is 0 Å². The summed E-state index contributed by atoms with van der Waals surface area (Å²) in [7, 11) is 0. The maximum absolute atomic E-state index is 13.1. The Labute approximate surface area is 119 Å². The lowest BCUT2D eigenvalue weighted by Crippen LogP contribution is -2.21. The van der Waals surface area contributed by atoms with E-state index in [9.17, 15) is 18.0 Å². The fourth-order valence-electron chi connectivity index (χ4n) is 2.17. The van der Waals surface area contributed by atoms with E-state index in [1.54, 1.807) is 13.8 Å². The molecule has 0 saturated carbocycles. The molecule has 1 atom stereocenters. The zero-order valence-electron chi connectivity index (χ0n) is 11.6. The van der Waals surface area contributed by atoms with Gasteiger partial charge in [0.2, 0.25) is 0 Å². The van der Waals surface area contributed by atoms with Gasteiger partial charge < -0.3 is 10.3 Å². The topological polar surface area (TPSA) is 48.0 Å². The number of pyridine rings is 1. The Hall–Kier alpha value is -2.08. The number of nitrogens with zero attached hydrogens (tertiary/aromatic N) is 1. The number of benzene rings is 1. The first-order valence-electron chi connectivity index (χ1n) is 6.37. The molecular formula is C15H15F3N2O. The van der Waals surface area contributed by atoms with Gasteiger partial charge in [-0.05, 0) is 26.0 Å². The highest BCUT2D eigenvalue weighted by molar-refractivity contribution is 5.45. The van der Waals surface area contributed by atoms with E-state index in [-0.39, 0.29) is 16.7 Å². The molecule has 0 radical (unpaired) electrons. The molecule has 2 N–H and O–H groups in total. The Morgan fingerprint density at radius 2 is 1.86 bits per heavy atom. The maximum atomic E-state index is 13.1. The van der Waals surface area contributed by atoms with Crippen LogP contribution in [-0.2, 0) is 6.18 Å². The first kappa shape index (κ1) is 15.3. The summed E-state index contributed by atoms with van der Waals surface area (Å²) in [6, 6.07) is 5.97. The van der Waals surface area contributed by atoms with Crippen molar-refractivity contribution in [2.75, 3.05) is 0 Å². The molecule has 21 heavy (non-hydrogen) atoms. The second kappa shape index (κ2) is 5.37. The van der Waals surface area contributed by atoms with E-state index >= 15 is 0 Å². The standard InChI is InChI=1S/C15H15F3N2O/c1-9-7-14(21)11(10(2)19)8-20(9)13-6-4-3-5-12(13)15(16,17)18/h3-8,10H,19H2,1-2H3. The third-order valence-corrected chi connectivity index (χ3v) is 3.23. The summed E-state index contributed by atoms with van der Waals surface area (Å²) in [4.78, 5) is 11.8. The number of aryl methyl sites for hydroxylation is 1. The highest BCUT2D eigenvalue weighted by Crippen LogP contribution is 2.34. The summed E-state index contributed by atoms with van der Waals surface area (Å²) in [5, 5.41) is 0. The number of para-hydroxylation sites is 1. The van der Waals surface area contributed by atoms with Crippen LogP contribution in [0.2, 0.25) is 0 Å². The number of aromatic nitrogens is 1. The third-order valence-electron chi connectivity index (χ3n) is 3.23. The molecule has 0 saturated heterocycles. The van der Waals surface area contributed by atoms with E-state index in [1.165, 1.54) is 35.0 Å². The molecule has 1 aromatic heterocycles. The first-order valence-corrected chi connectivity index (χ1v) is 6.37. The number of rotatable bonds is 2. The lowest BCUT2D eigenvalue weighted by molar-refractivity contribution is -0.137. The highest BCUT2D eigenvalue weighted by Gasteiger charge is 2.33. The predicted molar refractivity (Wildman–Crippen MR) is 74.4 cm³/mol. The van der Waals surface area contributed by atoms with Crippen molar-refractivity contribution in [1.82, 2.24) is 4.57 Å². The van der Waals surface area contributed by atoms with E-state index in [0.717, 1.165) is 6.07 Å². The van der Waals surface area contributed by atoms with E-state index in [0.29, 0.717) is 5.69 Å². The van der Waals surface area contributed by atoms with E-state index in [1.807, 2.05) is 0 Å². The molecule has 1 heterocycles. The SMILES string of the molecule is Cc1cc(=O)c(C(C)N)cn1-c1ccccc1C(F)(F)F. The molecule has 3 nitrogen and oxygen atoms in total. The van der Waals surface area contributed by atoms with Crippen LogP contribution in [0.1, 0.15) is 29.8 Å². The van der Waals surface area contributed by atoms with Crippen molar-refractivity contribution in [3.05, 3.63) is 63.6 Å². The summed E-state index contributed by atoms with van der Waals surface area (Å²) in [6.07, 6.45) is -3.09. The van der Waals surface area contributed by atoms with Gasteiger partial charge in [-0.3, -0.25) is 4.79 Å². The van der Waals surface area contributed by atoms with Crippen LogP contribution in [0, 0.1) is 6.92 Å². The molecule has 0 aliphatic rings. The molecule has 0 aliphatic heterocycles. The second-order valence-corrected chi connectivity index (χ2v) is 4.91. The molecule has 6 heteroatoms. The summed E-state index contributed by atoms with van der Waals surface area (Å²) in [5.74, 6) is 0.